The molecule has 1 saturated heterocycles. The molecule has 1 unspecified atom stereocenters. The van der Waals surface area contributed by atoms with Gasteiger partial charge in [-0.2, -0.15) is 4.98 Å². The van der Waals surface area contributed by atoms with Gasteiger partial charge in [0.15, 0.2) is 0 Å². The Kier molecular flexibility index (Phi) is 3.90. The molecule has 1 fully saturated rings. The predicted molar refractivity (Wildman–Crippen MR) is 78.4 cm³/mol. The number of benzene rings is 1. The molecule has 1 amide bonds. The molecule has 21 heavy (non-hydrogen) atoms. The van der Waals surface area contributed by atoms with E-state index in [1.165, 1.54) is 0 Å². The summed E-state index contributed by atoms with van der Waals surface area (Å²) in [6, 6.07) is 5.29. The summed E-state index contributed by atoms with van der Waals surface area (Å²) in [6.07, 6.45) is 2.01. The van der Waals surface area contributed by atoms with E-state index >= 15 is 0 Å². The first kappa shape index (κ1) is 14.0. The summed E-state index contributed by atoms with van der Waals surface area (Å²) >= 11 is 5.89. The number of anilines is 1. The van der Waals surface area contributed by atoms with Gasteiger partial charge in [0.2, 0.25) is 5.89 Å². The fraction of sp³-hybridized carbons (Fsp3) is 0.357. The maximum absolute atomic E-state index is 12.1. The van der Waals surface area contributed by atoms with Gasteiger partial charge in [-0.15, -0.1) is 0 Å². The Labute approximate surface area is 126 Å². The third kappa shape index (κ3) is 3.06. The number of carbonyl (C=O) groups excluding carboxylic acids is 1. The molecule has 7 heteroatoms. The molecule has 6 nitrogen and oxygen atoms in total. The number of hydrogen-bond acceptors (Lipinski definition) is 5. The largest absolute Gasteiger partial charge is 0.337 e. The van der Waals surface area contributed by atoms with Crippen molar-refractivity contribution >= 4 is 23.2 Å². The van der Waals surface area contributed by atoms with Crippen LogP contribution in [0.25, 0.3) is 0 Å². The van der Waals surface area contributed by atoms with Gasteiger partial charge >= 0.3 is 0 Å². The minimum atomic E-state index is -0.395. The zero-order valence-electron chi connectivity index (χ0n) is 11.5. The molecule has 1 aromatic heterocycles. The molecule has 2 heterocycles. The predicted octanol–water partition coefficient (Wildman–Crippen LogP) is 2.71. The van der Waals surface area contributed by atoms with Crippen molar-refractivity contribution in [3.63, 3.8) is 0 Å². The third-order valence-corrected chi connectivity index (χ3v) is 3.67. The van der Waals surface area contributed by atoms with Gasteiger partial charge in [-0.25, -0.2) is 0 Å². The van der Waals surface area contributed by atoms with Crippen molar-refractivity contribution in [2.45, 2.75) is 25.8 Å². The number of nitrogens with one attached hydrogen (secondary N) is 2. The summed E-state index contributed by atoms with van der Waals surface area (Å²) in [5.74, 6) is 0.104. The van der Waals surface area contributed by atoms with Crippen molar-refractivity contribution in [3.05, 3.63) is 40.5 Å². The normalized spacial score (nSPS) is 17.9. The van der Waals surface area contributed by atoms with Gasteiger partial charge in [-0.1, -0.05) is 16.8 Å². The van der Waals surface area contributed by atoms with Gasteiger partial charge in [0.05, 0.1) is 6.04 Å². The second kappa shape index (κ2) is 5.83. The van der Waals surface area contributed by atoms with E-state index < -0.39 is 5.91 Å². The zero-order chi connectivity index (χ0) is 14.8. The third-order valence-electron chi connectivity index (χ3n) is 3.44. The lowest BCUT2D eigenvalue weighted by Gasteiger charge is -2.06. The summed E-state index contributed by atoms with van der Waals surface area (Å²) in [5, 5.41) is 10.4. The van der Waals surface area contributed by atoms with Crippen LogP contribution in [-0.2, 0) is 0 Å². The van der Waals surface area contributed by atoms with Crippen LogP contribution in [0.15, 0.2) is 22.7 Å². The Morgan fingerprint density at radius 1 is 1.52 bits per heavy atom. The number of aryl methyl sites for hydroxylation is 1. The molecule has 110 valence electrons. The zero-order valence-corrected chi connectivity index (χ0v) is 12.3. The topological polar surface area (TPSA) is 80.0 Å². The Morgan fingerprint density at radius 3 is 3.10 bits per heavy atom. The van der Waals surface area contributed by atoms with Crippen LogP contribution in [0.4, 0.5) is 5.69 Å². The van der Waals surface area contributed by atoms with Crippen molar-refractivity contribution < 1.29 is 9.32 Å². The SMILES string of the molecule is Cc1cc(Cl)ccc1NC(=O)c1noc(C2CCCN2)n1. The molecule has 0 aliphatic carbocycles. The van der Waals surface area contributed by atoms with Crippen molar-refractivity contribution in [2.75, 3.05) is 11.9 Å². The van der Waals surface area contributed by atoms with E-state index in [0.29, 0.717) is 16.6 Å². The van der Waals surface area contributed by atoms with Crippen LogP contribution in [0.2, 0.25) is 5.02 Å². The number of amides is 1. The molecule has 1 atom stereocenters. The maximum atomic E-state index is 12.1. The lowest BCUT2D eigenvalue weighted by molar-refractivity contribution is 0.101. The minimum Gasteiger partial charge on any atom is -0.337 e. The van der Waals surface area contributed by atoms with Gasteiger partial charge < -0.3 is 15.2 Å². The van der Waals surface area contributed by atoms with Gasteiger partial charge in [-0.05, 0) is 50.1 Å². The fourth-order valence-electron chi connectivity index (χ4n) is 2.31. The summed E-state index contributed by atoms with van der Waals surface area (Å²) in [5.41, 5.74) is 1.55. The molecule has 0 bridgehead atoms. The van der Waals surface area contributed by atoms with E-state index in [9.17, 15) is 4.79 Å². The van der Waals surface area contributed by atoms with Crippen molar-refractivity contribution in [1.82, 2.24) is 15.5 Å². The van der Waals surface area contributed by atoms with Crippen LogP contribution < -0.4 is 10.6 Å². The van der Waals surface area contributed by atoms with Crippen LogP contribution >= 0.6 is 11.6 Å². The number of rotatable bonds is 3. The lowest BCUT2D eigenvalue weighted by Crippen LogP contribution is -2.16. The van der Waals surface area contributed by atoms with Crippen LogP contribution in [0.5, 0.6) is 0 Å². The molecule has 1 aliphatic heterocycles. The second-order valence-electron chi connectivity index (χ2n) is 5.02. The van der Waals surface area contributed by atoms with Gasteiger partial charge in [-0.3, -0.25) is 4.79 Å². The highest BCUT2D eigenvalue weighted by Crippen LogP contribution is 2.22. The minimum absolute atomic E-state index is 0.0352. The van der Waals surface area contributed by atoms with Crippen LogP contribution in [0.1, 0.15) is 41.0 Å². The van der Waals surface area contributed by atoms with E-state index in [0.717, 1.165) is 24.9 Å². The number of nitrogens with zero attached hydrogens (tertiary/aromatic N) is 2. The van der Waals surface area contributed by atoms with E-state index in [4.69, 9.17) is 16.1 Å². The molecule has 1 aliphatic rings. The Morgan fingerprint density at radius 2 is 2.38 bits per heavy atom. The average Bonchev–Trinajstić information content (AvgIpc) is 3.10. The first-order chi connectivity index (χ1) is 10.1. The smallest absolute Gasteiger partial charge is 0.297 e. The quantitative estimate of drug-likeness (QED) is 0.911. The van der Waals surface area contributed by atoms with Crippen molar-refractivity contribution in [2.24, 2.45) is 0 Å². The molecular weight excluding hydrogens is 292 g/mol. The van der Waals surface area contributed by atoms with Crippen LogP contribution in [-0.4, -0.2) is 22.6 Å². The standard InChI is InChI=1S/C14H15ClN4O2/c1-8-7-9(15)4-5-10(8)17-13(20)12-18-14(21-19-12)11-3-2-6-16-11/h4-5,7,11,16H,2-3,6H2,1H3,(H,17,20). The maximum Gasteiger partial charge on any atom is 0.297 e. The van der Waals surface area contributed by atoms with E-state index in [1.807, 2.05) is 6.92 Å². The Hall–Kier alpha value is -1.92. The molecule has 0 radical (unpaired) electrons. The Balaban J connectivity index is 1.73. The van der Waals surface area contributed by atoms with Crippen LogP contribution in [0.3, 0.4) is 0 Å². The first-order valence-electron chi connectivity index (χ1n) is 6.78. The van der Waals surface area contributed by atoms with E-state index in [-0.39, 0.29) is 11.9 Å². The second-order valence-corrected chi connectivity index (χ2v) is 5.45. The first-order valence-corrected chi connectivity index (χ1v) is 7.16. The summed E-state index contributed by atoms with van der Waals surface area (Å²) in [6.45, 7) is 2.80. The van der Waals surface area contributed by atoms with Gasteiger partial charge in [0.25, 0.3) is 11.7 Å². The molecule has 0 saturated carbocycles. The molecule has 3 rings (SSSR count). The number of carbonyl (C=O) groups is 1. The summed E-state index contributed by atoms with van der Waals surface area (Å²) in [4.78, 5) is 16.3. The Bertz CT molecular complexity index is 665. The van der Waals surface area contributed by atoms with Crippen molar-refractivity contribution in [1.29, 1.82) is 0 Å². The number of hydrogen-bond donors (Lipinski definition) is 2. The highest BCUT2D eigenvalue weighted by molar-refractivity contribution is 6.30. The molecule has 1 aromatic carbocycles. The molecule has 0 spiro atoms. The van der Waals surface area contributed by atoms with Crippen molar-refractivity contribution in [3.8, 4) is 0 Å². The van der Waals surface area contributed by atoms with E-state index in [1.54, 1.807) is 18.2 Å². The number of halogens is 1. The average molecular weight is 307 g/mol. The fourth-order valence-corrected chi connectivity index (χ4v) is 2.54. The number of aromatic nitrogens is 2. The summed E-state index contributed by atoms with van der Waals surface area (Å²) in [7, 11) is 0. The molecular formula is C14H15ClN4O2. The summed E-state index contributed by atoms with van der Waals surface area (Å²) < 4.78 is 5.15. The van der Waals surface area contributed by atoms with E-state index in [2.05, 4.69) is 20.8 Å². The molecule has 2 aromatic rings. The highest BCUT2D eigenvalue weighted by Gasteiger charge is 2.24. The lowest BCUT2D eigenvalue weighted by atomic mass is 10.2. The van der Waals surface area contributed by atoms with Gasteiger partial charge in [0.1, 0.15) is 0 Å². The monoisotopic (exact) mass is 306 g/mol. The molecule has 2 N–H and O–H groups in total. The van der Waals surface area contributed by atoms with Crippen LogP contribution in [0, 0.1) is 6.92 Å². The van der Waals surface area contributed by atoms with Gasteiger partial charge in [0, 0.05) is 10.7 Å². The highest BCUT2D eigenvalue weighted by atomic mass is 35.5.